The molecule has 0 bridgehead atoms. The van der Waals surface area contributed by atoms with Crippen molar-refractivity contribution in [3.63, 3.8) is 0 Å². The first-order valence-corrected chi connectivity index (χ1v) is 4.68. The van der Waals surface area contributed by atoms with Crippen LogP contribution >= 0.6 is 0 Å². The minimum Gasteiger partial charge on any atom is -0.466 e. The van der Waals surface area contributed by atoms with Crippen LogP contribution in [-0.4, -0.2) is 18.2 Å². The molecule has 0 spiro atoms. The molecule has 0 aromatic heterocycles. The molecule has 0 saturated heterocycles. The smallest absolute Gasteiger partial charge is 0.330 e. The highest BCUT2D eigenvalue weighted by Crippen LogP contribution is 2.14. The van der Waals surface area contributed by atoms with Crippen molar-refractivity contribution in [1.82, 2.24) is 0 Å². The van der Waals surface area contributed by atoms with Crippen molar-refractivity contribution in [3.05, 3.63) is 47.5 Å². The molecule has 0 aliphatic heterocycles. The second-order valence-corrected chi connectivity index (χ2v) is 3.09. The van der Waals surface area contributed by atoms with Crippen LogP contribution in [0.4, 0.5) is 0 Å². The van der Waals surface area contributed by atoms with Crippen molar-refractivity contribution in [2.45, 2.75) is 6.10 Å². The molecule has 1 aromatic carbocycles. The topological polar surface area (TPSA) is 46.5 Å². The van der Waals surface area contributed by atoms with E-state index in [1.807, 2.05) is 0 Å². The van der Waals surface area contributed by atoms with Gasteiger partial charge in [-0.15, -0.1) is 6.42 Å². The van der Waals surface area contributed by atoms with Gasteiger partial charge in [0.15, 0.2) is 0 Å². The van der Waals surface area contributed by atoms with E-state index in [0.717, 1.165) is 5.56 Å². The lowest BCUT2D eigenvalue weighted by Gasteiger charge is -2.05. The Labute approximate surface area is 94.4 Å². The van der Waals surface area contributed by atoms with Crippen molar-refractivity contribution in [3.8, 4) is 12.3 Å². The Morgan fingerprint density at radius 1 is 1.50 bits per heavy atom. The van der Waals surface area contributed by atoms with Crippen LogP contribution in [0.15, 0.2) is 36.4 Å². The van der Waals surface area contributed by atoms with E-state index in [-0.39, 0.29) is 0 Å². The highest BCUT2D eigenvalue weighted by Gasteiger charge is 2.03. The van der Waals surface area contributed by atoms with Crippen LogP contribution < -0.4 is 0 Å². The Kier molecular flexibility index (Phi) is 4.31. The number of aliphatic hydroxyl groups excluding tert-OH is 1. The molecule has 82 valence electrons. The number of methoxy groups -OCH3 is 1. The van der Waals surface area contributed by atoms with Gasteiger partial charge in [0.1, 0.15) is 0 Å². The molecule has 0 heterocycles. The summed E-state index contributed by atoms with van der Waals surface area (Å²) in [5.74, 6) is 1.98. The molecule has 1 aromatic rings. The zero-order valence-corrected chi connectivity index (χ0v) is 8.88. The molecule has 0 aliphatic carbocycles. The summed E-state index contributed by atoms with van der Waals surface area (Å²) < 4.78 is 4.41. The highest BCUT2D eigenvalue weighted by molar-refractivity contribution is 5.81. The highest BCUT2D eigenvalue weighted by atomic mass is 16.5. The van der Waals surface area contributed by atoms with E-state index in [1.165, 1.54) is 19.3 Å². The summed E-state index contributed by atoms with van der Waals surface area (Å²) in [6, 6.07) is 6.87. The van der Waals surface area contributed by atoms with Crippen LogP contribution in [0, 0.1) is 12.3 Å². The predicted molar refractivity (Wildman–Crippen MR) is 60.5 cm³/mol. The lowest BCUT2D eigenvalue weighted by molar-refractivity contribution is -0.134. The maximum atomic E-state index is 10.8. The number of terminal acetylenes is 1. The van der Waals surface area contributed by atoms with Gasteiger partial charge in [-0.2, -0.15) is 0 Å². The summed E-state index contributed by atoms with van der Waals surface area (Å²) in [6.07, 6.45) is 6.90. The van der Waals surface area contributed by atoms with Crippen molar-refractivity contribution >= 4 is 5.97 Å². The van der Waals surface area contributed by atoms with Gasteiger partial charge in [0.25, 0.3) is 0 Å². The van der Waals surface area contributed by atoms with Gasteiger partial charge in [-0.1, -0.05) is 18.1 Å². The second kappa shape index (κ2) is 5.74. The first-order valence-electron chi connectivity index (χ1n) is 4.68. The van der Waals surface area contributed by atoms with Crippen molar-refractivity contribution in [2.24, 2.45) is 0 Å². The van der Waals surface area contributed by atoms with Crippen LogP contribution in [0.1, 0.15) is 17.2 Å². The summed E-state index contributed by atoms with van der Waals surface area (Å²) in [6.45, 7) is 0. The second-order valence-electron chi connectivity index (χ2n) is 3.09. The SMILES string of the molecule is C#Cc1ccc([C@H](O)/C=C/C(=O)OC)cc1. The van der Waals surface area contributed by atoms with E-state index in [2.05, 4.69) is 10.7 Å². The molecule has 3 heteroatoms. The number of rotatable bonds is 3. The number of hydrogen-bond donors (Lipinski definition) is 1. The van der Waals surface area contributed by atoms with Crippen LogP contribution in [0.25, 0.3) is 0 Å². The fourth-order valence-electron chi connectivity index (χ4n) is 1.13. The number of carbonyl (C=O) groups excluding carboxylic acids is 1. The van der Waals surface area contributed by atoms with Gasteiger partial charge >= 0.3 is 5.97 Å². The fourth-order valence-corrected chi connectivity index (χ4v) is 1.13. The van der Waals surface area contributed by atoms with Crippen LogP contribution in [-0.2, 0) is 9.53 Å². The first-order chi connectivity index (χ1) is 7.67. The fraction of sp³-hybridized carbons (Fsp3) is 0.154. The molecular weight excluding hydrogens is 204 g/mol. The van der Waals surface area contributed by atoms with Crippen LogP contribution in [0.3, 0.4) is 0 Å². The third-order valence-corrected chi connectivity index (χ3v) is 2.03. The molecule has 1 N–H and O–H groups in total. The summed E-state index contributed by atoms with van der Waals surface area (Å²) in [5.41, 5.74) is 1.41. The Bertz CT molecular complexity index is 423. The zero-order chi connectivity index (χ0) is 12.0. The summed E-state index contributed by atoms with van der Waals surface area (Å²) in [7, 11) is 1.28. The van der Waals surface area contributed by atoms with Crippen molar-refractivity contribution in [2.75, 3.05) is 7.11 Å². The van der Waals surface area contributed by atoms with Gasteiger partial charge in [-0.05, 0) is 23.8 Å². The van der Waals surface area contributed by atoms with Crippen molar-refractivity contribution < 1.29 is 14.6 Å². The largest absolute Gasteiger partial charge is 0.466 e. The van der Waals surface area contributed by atoms with Gasteiger partial charge < -0.3 is 9.84 Å². The quantitative estimate of drug-likeness (QED) is 0.472. The summed E-state index contributed by atoms with van der Waals surface area (Å²) >= 11 is 0. The van der Waals surface area contributed by atoms with Gasteiger partial charge in [0.2, 0.25) is 0 Å². The molecule has 0 radical (unpaired) electrons. The monoisotopic (exact) mass is 216 g/mol. The number of aliphatic hydroxyl groups is 1. The third kappa shape index (κ3) is 3.26. The minimum atomic E-state index is -0.842. The van der Waals surface area contributed by atoms with E-state index in [4.69, 9.17) is 6.42 Å². The standard InChI is InChI=1S/C13H12O3/c1-3-10-4-6-11(7-5-10)12(14)8-9-13(15)16-2/h1,4-9,12,14H,2H3/b9-8+/t12-/m1/s1. The molecule has 0 aliphatic rings. The molecule has 0 saturated carbocycles. The summed E-state index contributed by atoms with van der Waals surface area (Å²) in [5, 5.41) is 9.68. The van der Waals surface area contributed by atoms with E-state index in [9.17, 15) is 9.90 Å². The molecule has 1 rings (SSSR count). The number of esters is 1. The Balaban J connectivity index is 2.73. The summed E-state index contributed by atoms with van der Waals surface area (Å²) in [4.78, 5) is 10.8. The average molecular weight is 216 g/mol. The third-order valence-electron chi connectivity index (χ3n) is 2.03. The van der Waals surface area contributed by atoms with Gasteiger partial charge in [0, 0.05) is 11.6 Å². The maximum Gasteiger partial charge on any atom is 0.330 e. The molecular formula is C13H12O3. The number of ether oxygens (including phenoxy) is 1. The Morgan fingerprint density at radius 2 is 2.12 bits per heavy atom. The average Bonchev–Trinajstić information content (AvgIpc) is 2.35. The number of benzene rings is 1. The predicted octanol–water partition coefficient (Wildman–Crippen LogP) is 1.43. The van der Waals surface area contributed by atoms with E-state index < -0.39 is 12.1 Å². The van der Waals surface area contributed by atoms with Gasteiger partial charge in [0.05, 0.1) is 13.2 Å². The molecule has 1 atom stereocenters. The lowest BCUT2D eigenvalue weighted by Crippen LogP contribution is -1.98. The van der Waals surface area contributed by atoms with Crippen molar-refractivity contribution in [1.29, 1.82) is 0 Å². The Hall–Kier alpha value is -2.05. The first kappa shape index (κ1) is 12.0. The molecule has 0 fully saturated rings. The van der Waals surface area contributed by atoms with Gasteiger partial charge in [-0.25, -0.2) is 4.79 Å². The van der Waals surface area contributed by atoms with Crippen LogP contribution in [0.5, 0.6) is 0 Å². The molecule has 3 nitrogen and oxygen atoms in total. The molecule has 0 amide bonds. The molecule has 0 unspecified atom stereocenters. The number of hydrogen-bond acceptors (Lipinski definition) is 3. The Morgan fingerprint density at radius 3 is 2.62 bits per heavy atom. The normalized spacial score (nSPS) is 12.1. The van der Waals surface area contributed by atoms with Crippen LogP contribution in [0.2, 0.25) is 0 Å². The molecule has 16 heavy (non-hydrogen) atoms. The maximum absolute atomic E-state index is 10.8. The lowest BCUT2D eigenvalue weighted by atomic mass is 10.1. The van der Waals surface area contributed by atoms with E-state index >= 15 is 0 Å². The minimum absolute atomic E-state index is 0.501. The number of carbonyl (C=O) groups is 1. The van der Waals surface area contributed by atoms with E-state index in [1.54, 1.807) is 24.3 Å². The van der Waals surface area contributed by atoms with Gasteiger partial charge in [-0.3, -0.25) is 0 Å². The zero-order valence-electron chi connectivity index (χ0n) is 8.88. The van der Waals surface area contributed by atoms with E-state index in [0.29, 0.717) is 5.56 Å².